The maximum Gasteiger partial charge on any atom is 0.126 e. The molecule has 1 heterocycles. The lowest BCUT2D eigenvalue weighted by atomic mass is 9.93. The van der Waals surface area contributed by atoms with Crippen LogP contribution in [0.3, 0.4) is 0 Å². The molecule has 0 aromatic carbocycles. The molecule has 90 valence electrons. The molecule has 1 aromatic heterocycles. The van der Waals surface area contributed by atoms with Gasteiger partial charge in [0, 0.05) is 11.0 Å². The van der Waals surface area contributed by atoms with E-state index in [2.05, 4.69) is 40.1 Å². The molecule has 3 nitrogen and oxygen atoms in total. The van der Waals surface area contributed by atoms with Gasteiger partial charge >= 0.3 is 0 Å². The minimum absolute atomic E-state index is 0.0345. The van der Waals surface area contributed by atoms with Gasteiger partial charge in [-0.1, -0.05) is 13.8 Å². The first-order chi connectivity index (χ1) is 7.56. The highest BCUT2D eigenvalue weighted by atomic mass is 79.9. The fourth-order valence-electron chi connectivity index (χ4n) is 1.65. The standard InChI is InChI=1S/C12H20BrN3/c1-4-12(5-2,8-14)16-11-7-6-10(13)9(3)15-11/h6-7H,4-5,8,14H2,1-3H3,(H,15,16). The number of aromatic nitrogens is 1. The first kappa shape index (κ1) is 13.5. The molecule has 0 fully saturated rings. The predicted molar refractivity (Wildman–Crippen MR) is 72.7 cm³/mol. The molecule has 0 saturated carbocycles. The number of nitrogens with two attached hydrogens (primary N) is 1. The Morgan fingerprint density at radius 2 is 2.00 bits per heavy atom. The zero-order valence-corrected chi connectivity index (χ0v) is 11.8. The molecule has 1 rings (SSSR count). The van der Waals surface area contributed by atoms with Crippen LogP contribution in [0.2, 0.25) is 0 Å². The number of nitrogens with zero attached hydrogens (tertiary/aromatic N) is 1. The molecule has 0 atom stereocenters. The molecule has 0 aliphatic rings. The minimum atomic E-state index is -0.0345. The third-order valence-corrected chi connectivity index (χ3v) is 4.00. The van der Waals surface area contributed by atoms with Crippen molar-refractivity contribution in [2.24, 2.45) is 5.73 Å². The van der Waals surface area contributed by atoms with Crippen molar-refractivity contribution < 1.29 is 0 Å². The average molecular weight is 286 g/mol. The van der Waals surface area contributed by atoms with Gasteiger partial charge in [-0.25, -0.2) is 4.98 Å². The van der Waals surface area contributed by atoms with Crippen molar-refractivity contribution in [3.8, 4) is 0 Å². The van der Waals surface area contributed by atoms with Crippen molar-refractivity contribution in [1.29, 1.82) is 0 Å². The summed E-state index contributed by atoms with van der Waals surface area (Å²) in [5.41, 5.74) is 6.80. The Morgan fingerprint density at radius 1 is 1.38 bits per heavy atom. The number of rotatable bonds is 5. The Bertz CT molecular complexity index is 340. The van der Waals surface area contributed by atoms with Gasteiger partial charge < -0.3 is 11.1 Å². The normalized spacial score (nSPS) is 11.6. The largest absolute Gasteiger partial charge is 0.363 e. The summed E-state index contributed by atoms with van der Waals surface area (Å²) in [6.07, 6.45) is 1.99. The van der Waals surface area contributed by atoms with E-state index in [0.717, 1.165) is 28.8 Å². The van der Waals surface area contributed by atoms with Gasteiger partial charge in [0.1, 0.15) is 5.82 Å². The second-order valence-electron chi connectivity index (χ2n) is 4.08. The highest BCUT2D eigenvalue weighted by Gasteiger charge is 2.24. The number of aryl methyl sites for hydroxylation is 1. The molecular weight excluding hydrogens is 266 g/mol. The summed E-state index contributed by atoms with van der Waals surface area (Å²) in [4.78, 5) is 4.49. The van der Waals surface area contributed by atoms with Crippen LogP contribution in [-0.4, -0.2) is 17.1 Å². The Kier molecular flexibility index (Phi) is 4.74. The maximum absolute atomic E-state index is 5.85. The molecule has 1 aromatic rings. The number of halogens is 1. The van der Waals surface area contributed by atoms with Crippen molar-refractivity contribution in [2.45, 2.75) is 39.2 Å². The molecule has 3 N–H and O–H groups in total. The van der Waals surface area contributed by atoms with Gasteiger partial charge in [0.25, 0.3) is 0 Å². The lowest BCUT2D eigenvalue weighted by molar-refractivity contribution is 0.443. The number of hydrogen-bond acceptors (Lipinski definition) is 3. The van der Waals surface area contributed by atoms with E-state index in [1.807, 2.05) is 19.1 Å². The van der Waals surface area contributed by atoms with Gasteiger partial charge in [0.05, 0.1) is 11.2 Å². The molecule has 0 aliphatic heterocycles. The van der Waals surface area contributed by atoms with Crippen LogP contribution in [0.1, 0.15) is 32.4 Å². The van der Waals surface area contributed by atoms with Crippen molar-refractivity contribution in [3.63, 3.8) is 0 Å². The van der Waals surface area contributed by atoms with Crippen LogP contribution in [0.25, 0.3) is 0 Å². The molecule has 0 bridgehead atoms. The minimum Gasteiger partial charge on any atom is -0.363 e. The molecule has 4 heteroatoms. The van der Waals surface area contributed by atoms with Crippen LogP contribution in [0.5, 0.6) is 0 Å². The van der Waals surface area contributed by atoms with Crippen molar-refractivity contribution >= 4 is 21.7 Å². The Labute approximate surface area is 106 Å². The van der Waals surface area contributed by atoms with E-state index >= 15 is 0 Å². The smallest absolute Gasteiger partial charge is 0.126 e. The quantitative estimate of drug-likeness (QED) is 0.874. The Hall–Kier alpha value is -0.610. The van der Waals surface area contributed by atoms with E-state index in [1.54, 1.807) is 0 Å². The fraction of sp³-hybridized carbons (Fsp3) is 0.583. The third-order valence-electron chi connectivity index (χ3n) is 3.16. The summed E-state index contributed by atoms with van der Waals surface area (Å²) in [5, 5.41) is 3.45. The molecule has 0 saturated heterocycles. The summed E-state index contributed by atoms with van der Waals surface area (Å²) in [6, 6.07) is 3.99. The second-order valence-corrected chi connectivity index (χ2v) is 4.93. The van der Waals surface area contributed by atoms with E-state index in [0.29, 0.717) is 6.54 Å². The summed E-state index contributed by atoms with van der Waals surface area (Å²) >= 11 is 3.45. The summed E-state index contributed by atoms with van der Waals surface area (Å²) < 4.78 is 1.03. The molecule has 0 aliphatic carbocycles. The van der Waals surface area contributed by atoms with E-state index < -0.39 is 0 Å². The third kappa shape index (κ3) is 2.95. The average Bonchev–Trinajstić information content (AvgIpc) is 2.31. The first-order valence-corrected chi connectivity index (χ1v) is 6.47. The van der Waals surface area contributed by atoms with Gasteiger partial charge in [0.15, 0.2) is 0 Å². The maximum atomic E-state index is 5.85. The van der Waals surface area contributed by atoms with Crippen molar-refractivity contribution in [2.75, 3.05) is 11.9 Å². The zero-order chi connectivity index (χ0) is 12.2. The van der Waals surface area contributed by atoms with Gasteiger partial charge in [-0.2, -0.15) is 0 Å². The summed E-state index contributed by atoms with van der Waals surface area (Å²) in [5.74, 6) is 0.898. The molecule has 0 unspecified atom stereocenters. The van der Waals surface area contributed by atoms with Crippen LogP contribution < -0.4 is 11.1 Å². The number of hydrogen-bond donors (Lipinski definition) is 2. The Morgan fingerprint density at radius 3 is 2.44 bits per heavy atom. The predicted octanol–water partition coefficient (Wildman–Crippen LogP) is 3.08. The fourth-order valence-corrected chi connectivity index (χ4v) is 1.87. The van der Waals surface area contributed by atoms with Crippen LogP contribution in [-0.2, 0) is 0 Å². The molecule has 0 spiro atoms. The highest BCUT2D eigenvalue weighted by molar-refractivity contribution is 9.10. The molecule has 16 heavy (non-hydrogen) atoms. The van der Waals surface area contributed by atoms with Crippen LogP contribution in [0.4, 0.5) is 5.82 Å². The second kappa shape index (κ2) is 5.64. The van der Waals surface area contributed by atoms with E-state index in [4.69, 9.17) is 5.73 Å². The monoisotopic (exact) mass is 285 g/mol. The van der Waals surface area contributed by atoms with Gasteiger partial charge in [0.2, 0.25) is 0 Å². The first-order valence-electron chi connectivity index (χ1n) is 5.68. The topological polar surface area (TPSA) is 50.9 Å². The van der Waals surface area contributed by atoms with Crippen LogP contribution in [0, 0.1) is 6.92 Å². The van der Waals surface area contributed by atoms with Gasteiger partial charge in [-0.05, 0) is 47.8 Å². The van der Waals surface area contributed by atoms with Crippen molar-refractivity contribution in [1.82, 2.24) is 4.98 Å². The van der Waals surface area contributed by atoms with E-state index in [9.17, 15) is 0 Å². The van der Waals surface area contributed by atoms with E-state index in [1.165, 1.54) is 0 Å². The number of nitrogens with one attached hydrogen (secondary N) is 1. The Balaban J connectivity index is 2.89. The highest BCUT2D eigenvalue weighted by Crippen LogP contribution is 2.22. The molecule has 0 amide bonds. The SMILES string of the molecule is CCC(CC)(CN)Nc1ccc(Br)c(C)n1. The lowest BCUT2D eigenvalue weighted by Crippen LogP contribution is -2.44. The van der Waals surface area contributed by atoms with Gasteiger partial charge in [-0.3, -0.25) is 0 Å². The van der Waals surface area contributed by atoms with Crippen LogP contribution in [0.15, 0.2) is 16.6 Å². The summed E-state index contributed by atoms with van der Waals surface area (Å²) in [6.45, 7) is 6.90. The van der Waals surface area contributed by atoms with E-state index in [-0.39, 0.29) is 5.54 Å². The zero-order valence-electron chi connectivity index (χ0n) is 10.2. The molecular formula is C12H20BrN3. The van der Waals surface area contributed by atoms with Crippen LogP contribution >= 0.6 is 15.9 Å². The van der Waals surface area contributed by atoms with Gasteiger partial charge in [-0.15, -0.1) is 0 Å². The van der Waals surface area contributed by atoms with Crippen molar-refractivity contribution in [3.05, 3.63) is 22.3 Å². The lowest BCUT2D eigenvalue weighted by Gasteiger charge is -2.32. The number of anilines is 1. The summed E-state index contributed by atoms with van der Waals surface area (Å²) in [7, 11) is 0. The number of pyridine rings is 1. The molecule has 0 radical (unpaired) electrons.